The second-order valence-electron chi connectivity index (χ2n) is 6.14. The van der Waals surface area contributed by atoms with E-state index in [0.717, 1.165) is 29.2 Å². The number of carbonyl (C=O) groups excluding carboxylic acids is 1. The van der Waals surface area contributed by atoms with Gasteiger partial charge in [-0.1, -0.05) is 18.2 Å². The van der Waals surface area contributed by atoms with E-state index >= 15 is 0 Å². The van der Waals surface area contributed by atoms with E-state index in [4.69, 9.17) is 9.47 Å². The van der Waals surface area contributed by atoms with Crippen LogP contribution in [0.2, 0.25) is 0 Å². The molecule has 3 aromatic rings. The van der Waals surface area contributed by atoms with E-state index in [1.165, 1.54) is 0 Å². The Morgan fingerprint density at radius 3 is 2.50 bits per heavy atom. The van der Waals surface area contributed by atoms with E-state index in [2.05, 4.69) is 15.6 Å². The molecule has 1 amide bonds. The lowest BCUT2D eigenvalue weighted by molar-refractivity contribution is 0.0954. The van der Waals surface area contributed by atoms with Gasteiger partial charge in [0.05, 0.1) is 14.2 Å². The van der Waals surface area contributed by atoms with Crippen LogP contribution in [0.1, 0.15) is 15.9 Å². The number of benzene rings is 2. The third-order valence-electron chi connectivity index (χ3n) is 4.20. The molecule has 0 unspecified atom stereocenters. The lowest BCUT2D eigenvalue weighted by atomic mass is 10.1. The number of carbonyl (C=O) groups is 1. The number of hydrogen-bond donors (Lipinski definition) is 2. The van der Waals surface area contributed by atoms with Crippen molar-refractivity contribution in [1.29, 1.82) is 0 Å². The predicted octanol–water partition coefficient (Wildman–Crippen LogP) is 3.81. The third-order valence-corrected chi connectivity index (χ3v) is 4.20. The Bertz CT molecular complexity index is 944. The van der Waals surface area contributed by atoms with E-state index < -0.39 is 0 Å². The average molecular weight is 377 g/mol. The summed E-state index contributed by atoms with van der Waals surface area (Å²) in [7, 11) is 3.26. The summed E-state index contributed by atoms with van der Waals surface area (Å²) < 4.78 is 10.4. The van der Waals surface area contributed by atoms with Crippen LogP contribution < -0.4 is 20.1 Å². The number of hydrogen-bond acceptors (Lipinski definition) is 5. The molecule has 0 aliphatic carbocycles. The highest BCUT2D eigenvalue weighted by molar-refractivity contribution is 5.94. The van der Waals surface area contributed by atoms with Crippen molar-refractivity contribution in [3.63, 3.8) is 0 Å². The van der Waals surface area contributed by atoms with Gasteiger partial charge in [-0.3, -0.25) is 4.79 Å². The number of ether oxygens (including phenoxy) is 2. The number of nitrogens with one attached hydrogen (secondary N) is 2. The van der Waals surface area contributed by atoms with Crippen LogP contribution in [0.4, 0.5) is 11.5 Å². The van der Waals surface area contributed by atoms with Gasteiger partial charge in [-0.05, 0) is 48.4 Å². The Balaban J connectivity index is 1.58. The van der Waals surface area contributed by atoms with Gasteiger partial charge in [-0.2, -0.15) is 0 Å². The summed E-state index contributed by atoms with van der Waals surface area (Å²) in [5.74, 6) is 2.01. The monoisotopic (exact) mass is 377 g/mol. The minimum Gasteiger partial charge on any atom is -0.497 e. The van der Waals surface area contributed by atoms with E-state index in [0.29, 0.717) is 17.9 Å². The molecule has 6 heteroatoms. The molecule has 6 nitrogen and oxygen atoms in total. The first kappa shape index (κ1) is 19.2. The molecular weight excluding hydrogens is 354 g/mol. The quantitative estimate of drug-likeness (QED) is 0.624. The number of rotatable bonds is 8. The number of pyridine rings is 1. The molecular formula is C22H23N3O3. The van der Waals surface area contributed by atoms with Crippen molar-refractivity contribution in [2.45, 2.75) is 6.42 Å². The summed E-state index contributed by atoms with van der Waals surface area (Å²) in [6.45, 7) is 0.535. The number of anilines is 2. The highest BCUT2D eigenvalue weighted by atomic mass is 16.5. The maximum Gasteiger partial charge on any atom is 0.251 e. The molecule has 0 saturated carbocycles. The largest absolute Gasteiger partial charge is 0.497 e. The Labute approximate surface area is 164 Å². The highest BCUT2D eigenvalue weighted by Crippen LogP contribution is 2.20. The van der Waals surface area contributed by atoms with Crippen molar-refractivity contribution in [3.8, 4) is 11.5 Å². The van der Waals surface area contributed by atoms with E-state index in [-0.39, 0.29) is 5.91 Å². The van der Waals surface area contributed by atoms with Crippen LogP contribution in [0.15, 0.2) is 66.9 Å². The number of nitrogens with zero attached hydrogens (tertiary/aromatic N) is 1. The molecule has 3 rings (SSSR count). The van der Waals surface area contributed by atoms with Gasteiger partial charge in [0.25, 0.3) is 5.91 Å². The van der Waals surface area contributed by atoms with Crippen LogP contribution in [0, 0.1) is 0 Å². The van der Waals surface area contributed by atoms with Crippen molar-refractivity contribution in [1.82, 2.24) is 10.3 Å². The number of amides is 1. The molecule has 0 fully saturated rings. The van der Waals surface area contributed by atoms with Crippen molar-refractivity contribution in [3.05, 3.63) is 78.0 Å². The predicted molar refractivity (Wildman–Crippen MR) is 110 cm³/mol. The van der Waals surface area contributed by atoms with Gasteiger partial charge in [-0.15, -0.1) is 0 Å². The summed E-state index contributed by atoms with van der Waals surface area (Å²) in [4.78, 5) is 16.7. The molecule has 0 bridgehead atoms. The van der Waals surface area contributed by atoms with Gasteiger partial charge in [0, 0.05) is 30.1 Å². The summed E-state index contributed by atoms with van der Waals surface area (Å²) >= 11 is 0. The number of aromatic nitrogens is 1. The molecule has 1 aromatic heterocycles. The Kier molecular flexibility index (Phi) is 6.46. The Morgan fingerprint density at radius 2 is 1.71 bits per heavy atom. The maximum atomic E-state index is 12.5. The van der Waals surface area contributed by atoms with Crippen LogP contribution in [-0.4, -0.2) is 31.7 Å². The minimum absolute atomic E-state index is 0.140. The lowest BCUT2D eigenvalue weighted by Crippen LogP contribution is -2.25. The zero-order valence-corrected chi connectivity index (χ0v) is 15.9. The van der Waals surface area contributed by atoms with Crippen molar-refractivity contribution >= 4 is 17.4 Å². The van der Waals surface area contributed by atoms with Crippen molar-refractivity contribution in [2.75, 3.05) is 26.1 Å². The number of methoxy groups -OCH3 is 2. The molecule has 28 heavy (non-hydrogen) atoms. The molecule has 2 N–H and O–H groups in total. The van der Waals surface area contributed by atoms with Crippen LogP contribution in [-0.2, 0) is 6.42 Å². The van der Waals surface area contributed by atoms with Crippen LogP contribution in [0.25, 0.3) is 0 Å². The Hall–Kier alpha value is -3.54. The molecule has 0 aliphatic heterocycles. The molecule has 0 spiro atoms. The smallest absolute Gasteiger partial charge is 0.251 e. The van der Waals surface area contributed by atoms with Crippen molar-refractivity contribution < 1.29 is 14.3 Å². The third kappa shape index (κ3) is 5.23. The van der Waals surface area contributed by atoms with Gasteiger partial charge >= 0.3 is 0 Å². The molecule has 0 radical (unpaired) electrons. The van der Waals surface area contributed by atoms with Crippen LogP contribution in [0.5, 0.6) is 11.5 Å². The fourth-order valence-electron chi connectivity index (χ4n) is 2.74. The summed E-state index contributed by atoms with van der Waals surface area (Å²) in [6, 6.07) is 18.8. The first-order valence-electron chi connectivity index (χ1n) is 8.96. The highest BCUT2D eigenvalue weighted by Gasteiger charge is 2.07. The van der Waals surface area contributed by atoms with Gasteiger partial charge < -0.3 is 20.1 Å². The van der Waals surface area contributed by atoms with Gasteiger partial charge in [0.2, 0.25) is 0 Å². The summed E-state index contributed by atoms with van der Waals surface area (Å²) in [5.41, 5.74) is 2.49. The first-order valence-corrected chi connectivity index (χ1v) is 8.96. The fraction of sp³-hybridized carbons (Fsp3) is 0.182. The topological polar surface area (TPSA) is 72.5 Å². The van der Waals surface area contributed by atoms with Crippen LogP contribution in [0.3, 0.4) is 0 Å². The van der Waals surface area contributed by atoms with E-state index in [1.807, 2.05) is 48.5 Å². The first-order chi connectivity index (χ1) is 13.7. The molecule has 144 valence electrons. The minimum atomic E-state index is -0.140. The zero-order valence-electron chi connectivity index (χ0n) is 15.9. The van der Waals surface area contributed by atoms with Crippen molar-refractivity contribution in [2.24, 2.45) is 0 Å². The summed E-state index contributed by atoms with van der Waals surface area (Å²) in [5, 5.41) is 6.12. The fourth-order valence-corrected chi connectivity index (χ4v) is 2.74. The average Bonchev–Trinajstić information content (AvgIpc) is 2.74. The molecule has 0 aliphatic rings. The lowest BCUT2D eigenvalue weighted by Gasteiger charge is -2.10. The van der Waals surface area contributed by atoms with Gasteiger partial charge in [-0.25, -0.2) is 4.98 Å². The Morgan fingerprint density at radius 1 is 0.964 bits per heavy atom. The van der Waals surface area contributed by atoms with Gasteiger partial charge in [0.15, 0.2) is 0 Å². The second-order valence-corrected chi connectivity index (χ2v) is 6.14. The molecule has 0 saturated heterocycles. The maximum absolute atomic E-state index is 12.5. The molecule has 0 atom stereocenters. The summed E-state index contributed by atoms with van der Waals surface area (Å²) in [6.07, 6.45) is 2.34. The normalized spacial score (nSPS) is 10.2. The zero-order chi connectivity index (χ0) is 19.8. The second kappa shape index (κ2) is 9.41. The van der Waals surface area contributed by atoms with Gasteiger partial charge in [0.1, 0.15) is 17.3 Å². The van der Waals surface area contributed by atoms with E-state index in [1.54, 1.807) is 32.5 Å². The van der Waals surface area contributed by atoms with Crippen LogP contribution >= 0.6 is 0 Å². The standard InChI is InChI=1S/C22H23N3O3/c1-27-19-7-3-5-16(13-19)9-11-24-22(26)17-10-12-23-21(14-17)25-18-6-4-8-20(15-18)28-2/h3-8,10,12-15H,9,11H2,1-2H3,(H,23,25)(H,24,26). The van der Waals surface area contributed by atoms with E-state index in [9.17, 15) is 4.79 Å². The molecule has 1 heterocycles. The molecule has 2 aromatic carbocycles. The SMILES string of the molecule is COc1cccc(CCNC(=O)c2ccnc(Nc3cccc(OC)c3)c2)c1.